The number of anilines is 1. The van der Waals surface area contributed by atoms with E-state index in [1.165, 1.54) is 35.6 Å². The first-order valence-electron chi connectivity index (χ1n) is 8.58. The number of aromatic nitrogens is 1. The number of nitro benzene ring substituents is 1. The molecule has 0 fully saturated rings. The van der Waals surface area contributed by atoms with Gasteiger partial charge in [0.05, 0.1) is 11.0 Å². The summed E-state index contributed by atoms with van der Waals surface area (Å²) in [5, 5.41) is 14.3. The van der Waals surface area contributed by atoms with Crippen molar-refractivity contribution in [1.82, 2.24) is 4.98 Å². The first-order valence-corrected chi connectivity index (χ1v) is 9.40. The maximum absolute atomic E-state index is 13.0. The molecule has 0 atom stereocenters. The van der Waals surface area contributed by atoms with Crippen molar-refractivity contribution >= 4 is 28.1 Å². The van der Waals surface area contributed by atoms with Crippen molar-refractivity contribution in [2.45, 2.75) is 6.42 Å². The van der Waals surface area contributed by atoms with Gasteiger partial charge >= 0.3 is 0 Å². The average molecular weight is 415 g/mol. The quantitative estimate of drug-likeness (QED) is 0.502. The first kappa shape index (κ1) is 18.8. The molecule has 1 aromatic heterocycles. The number of carbonyl (C=O) groups excluding carboxylic acids is 1. The molecule has 1 aliphatic heterocycles. The Morgan fingerprint density at radius 3 is 2.59 bits per heavy atom. The summed E-state index contributed by atoms with van der Waals surface area (Å²) in [4.78, 5) is 28.4. The third-order valence-electron chi connectivity index (χ3n) is 4.17. The maximum Gasteiger partial charge on any atom is 0.286 e. The lowest BCUT2D eigenvalue weighted by Gasteiger charge is -2.18. The minimum Gasteiger partial charge on any atom is -0.486 e. The fourth-order valence-electron chi connectivity index (χ4n) is 2.83. The van der Waals surface area contributed by atoms with Crippen molar-refractivity contribution in [2.24, 2.45) is 0 Å². The molecule has 0 radical (unpaired) electrons. The van der Waals surface area contributed by atoms with E-state index < -0.39 is 10.8 Å². The van der Waals surface area contributed by atoms with E-state index in [-0.39, 0.29) is 35.2 Å². The van der Waals surface area contributed by atoms with Gasteiger partial charge in [-0.2, -0.15) is 0 Å². The fraction of sp³-hybridized carbons (Fsp3) is 0.158. The summed E-state index contributed by atoms with van der Waals surface area (Å²) in [6, 6.07) is 8.58. The second-order valence-corrected chi connectivity index (χ2v) is 7.27. The molecule has 148 valence electrons. The topological polar surface area (TPSA) is 104 Å². The molecule has 0 saturated carbocycles. The second kappa shape index (κ2) is 7.84. The zero-order valence-corrected chi connectivity index (χ0v) is 15.7. The van der Waals surface area contributed by atoms with Crippen molar-refractivity contribution in [1.29, 1.82) is 0 Å². The summed E-state index contributed by atoms with van der Waals surface area (Å²) in [7, 11) is 0. The van der Waals surface area contributed by atoms with Gasteiger partial charge in [0.1, 0.15) is 24.6 Å². The van der Waals surface area contributed by atoms with Gasteiger partial charge in [-0.3, -0.25) is 20.2 Å². The number of halogens is 1. The number of benzene rings is 2. The van der Waals surface area contributed by atoms with E-state index in [0.717, 1.165) is 10.4 Å². The van der Waals surface area contributed by atoms with Crippen molar-refractivity contribution in [3.8, 4) is 11.5 Å². The SMILES string of the molecule is O=C(Nc1ncc(Cc2ccc(F)cc2)s1)c1cc2c(cc1[N+](=O)[O-])OCCO2. The molecule has 10 heteroatoms. The van der Waals surface area contributed by atoms with Gasteiger partial charge < -0.3 is 9.47 Å². The van der Waals surface area contributed by atoms with Crippen LogP contribution in [0.15, 0.2) is 42.6 Å². The molecule has 1 amide bonds. The van der Waals surface area contributed by atoms with Crippen molar-refractivity contribution in [3.05, 3.63) is 74.5 Å². The molecule has 4 rings (SSSR count). The molecule has 0 aliphatic carbocycles. The van der Waals surface area contributed by atoms with Crippen LogP contribution in [0.2, 0.25) is 0 Å². The van der Waals surface area contributed by atoms with Crippen LogP contribution in [0, 0.1) is 15.9 Å². The van der Waals surface area contributed by atoms with Gasteiger partial charge in [-0.25, -0.2) is 9.37 Å². The summed E-state index contributed by atoms with van der Waals surface area (Å²) < 4.78 is 23.8. The Hall–Kier alpha value is -3.53. The largest absolute Gasteiger partial charge is 0.486 e. The zero-order chi connectivity index (χ0) is 20.4. The van der Waals surface area contributed by atoms with Crippen molar-refractivity contribution in [3.63, 3.8) is 0 Å². The van der Waals surface area contributed by atoms with Crippen LogP contribution in [0.25, 0.3) is 0 Å². The number of ether oxygens (including phenoxy) is 2. The number of fused-ring (bicyclic) bond motifs is 1. The summed E-state index contributed by atoms with van der Waals surface area (Å²) in [5.41, 5.74) is 0.375. The maximum atomic E-state index is 13.0. The Morgan fingerprint density at radius 1 is 1.21 bits per heavy atom. The number of thiazole rings is 1. The Morgan fingerprint density at radius 2 is 1.90 bits per heavy atom. The summed E-state index contributed by atoms with van der Waals surface area (Å²) in [6.45, 7) is 0.580. The summed E-state index contributed by atoms with van der Waals surface area (Å²) in [6.07, 6.45) is 2.12. The molecular formula is C19H14FN3O5S. The van der Waals surface area contributed by atoms with Crippen LogP contribution in [0.1, 0.15) is 20.8 Å². The lowest BCUT2D eigenvalue weighted by atomic mass is 10.1. The Bertz CT molecular complexity index is 1080. The number of hydrogen-bond donors (Lipinski definition) is 1. The third-order valence-corrected chi connectivity index (χ3v) is 5.08. The van der Waals surface area contributed by atoms with E-state index in [9.17, 15) is 19.3 Å². The monoisotopic (exact) mass is 415 g/mol. The predicted octanol–water partition coefficient (Wildman–Crippen LogP) is 3.80. The predicted molar refractivity (Wildman–Crippen MR) is 103 cm³/mol. The van der Waals surface area contributed by atoms with Crippen LogP contribution in [0.4, 0.5) is 15.2 Å². The molecule has 8 nitrogen and oxygen atoms in total. The third kappa shape index (κ3) is 4.16. The number of nitrogens with one attached hydrogen (secondary N) is 1. The zero-order valence-electron chi connectivity index (χ0n) is 14.9. The fourth-order valence-corrected chi connectivity index (χ4v) is 3.67. The lowest BCUT2D eigenvalue weighted by molar-refractivity contribution is -0.385. The van der Waals surface area contributed by atoms with Gasteiger partial charge in [0.2, 0.25) is 0 Å². The molecule has 0 spiro atoms. The molecule has 1 N–H and O–H groups in total. The van der Waals surface area contributed by atoms with E-state index in [2.05, 4.69) is 10.3 Å². The first-order chi connectivity index (χ1) is 14.0. The van der Waals surface area contributed by atoms with E-state index in [1.807, 2.05) is 0 Å². The van der Waals surface area contributed by atoms with Crippen LogP contribution >= 0.6 is 11.3 Å². The molecule has 0 unspecified atom stereocenters. The number of nitrogens with zero attached hydrogens (tertiary/aromatic N) is 2. The van der Waals surface area contributed by atoms with Crippen LogP contribution in [0.5, 0.6) is 11.5 Å². The Kier molecular flexibility index (Phi) is 5.09. The molecule has 0 bridgehead atoms. The second-order valence-electron chi connectivity index (χ2n) is 6.16. The van der Waals surface area contributed by atoms with Crippen LogP contribution in [-0.4, -0.2) is 29.0 Å². The Labute approximate surface area is 168 Å². The van der Waals surface area contributed by atoms with Crippen LogP contribution in [-0.2, 0) is 6.42 Å². The normalized spacial score (nSPS) is 12.4. The number of carbonyl (C=O) groups is 1. The molecule has 0 saturated heterocycles. The van der Waals surface area contributed by atoms with Crippen molar-refractivity contribution in [2.75, 3.05) is 18.5 Å². The van der Waals surface area contributed by atoms with E-state index >= 15 is 0 Å². The number of amides is 1. The highest BCUT2D eigenvalue weighted by molar-refractivity contribution is 7.15. The van der Waals surface area contributed by atoms with E-state index in [0.29, 0.717) is 18.2 Å². The molecule has 1 aliphatic rings. The van der Waals surface area contributed by atoms with Crippen LogP contribution < -0.4 is 14.8 Å². The lowest BCUT2D eigenvalue weighted by Crippen LogP contribution is -2.18. The highest BCUT2D eigenvalue weighted by atomic mass is 32.1. The van der Waals surface area contributed by atoms with Gasteiger partial charge in [-0.1, -0.05) is 12.1 Å². The number of nitro groups is 1. The number of hydrogen-bond acceptors (Lipinski definition) is 7. The minimum absolute atomic E-state index is 0.144. The standard InChI is InChI=1S/C19H14FN3O5S/c20-12-3-1-11(2-4-12)7-13-10-21-19(29-13)22-18(24)14-8-16-17(28-6-5-27-16)9-15(14)23(25)26/h1-4,8-10H,5-7H2,(H,21,22,24). The molecular weight excluding hydrogens is 401 g/mol. The van der Waals surface area contributed by atoms with Gasteiger partial charge in [0.25, 0.3) is 11.6 Å². The minimum atomic E-state index is -0.670. The molecule has 29 heavy (non-hydrogen) atoms. The van der Waals surface area contributed by atoms with E-state index in [4.69, 9.17) is 9.47 Å². The highest BCUT2D eigenvalue weighted by Gasteiger charge is 2.27. The molecule has 2 heterocycles. The molecule has 2 aromatic carbocycles. The molecule has 3 aromatic rings. The van der Waals surface area contributed by atoms with Gasteiger partial charge in [-0.15, -0.1) is 11.3 Å². The summed E-state index contributed by atoms with van der Waals surface area (Å²) >= 11 is 1.24. The van der Waals surface area contributed by atoms with Gasteiger partial charge in [0.15, 0.2) is 16.6 Å². The van der Waals surface area contributed by atoms with Gasteiger partial charge in [0, 0.05) is 23.6 Å². The van der Waals surface area contributed by atoms with Crippen LogP contribution in [0.3, 0.4) is 0 Å². The average Bonchev–Trinajstić information content (AvgIpc) is 3.15. The van der Waals surface area contributed by atoms with Gasteiger partial charge in [-0.05, 0) is 17.7 Å². The Balaban J connectivity index is 1.53. The summed E-state index contributed by atoms with van der Waals surface area (Å²) in [5.74, 6) is -0.471. The highest BCUT2D eigenvalue weighted by Crippen LogP contribution is 2.37. The smallest absolute Gasteiger partial charge is 0.286 e. The van der Waals surface area contributed by atoms with Crippen molar-refractivity contribution < 1.29 is 23.6 Å². The number of rotatable bonds is 5. The van der Waals surface area contributed by atoms with E-state index in [1.54, 1.807) is 18.3 Å².